The largest absolute Gasteiger partial charge is 0.461 e. The van der Waals surface area contributed by atoms with Gasteiger partial charge in [0.2, 0.25) is 0 Å². The Morgan fingerprint density at radius 3 is 2.50 bits per heavy atom. The quantitative estimate of drug-likeness (QED) is 0.806. The normalized spacial score (nSPS) is 15.9. The Labute approximate surface area is 124 Å². The van der Waals surface area contributed by atoms with E-state index in [9.17, 15) is 22.4 Å². The van der Waals surface area contributed by atoms with Crippen LogP contribution in [0, 0.1) is 0 Å². The molecule has 0 radical (unpaired) electrons. The summed E-state index contributed by atoms with van der Waals surface area (Å²) in [5.74, 6) is -0.519. The maximum atomic E-state index is 13.0. The number of para-hydroxylation sites is 2. The molecular formula is C14H16F4N2O2. The van der Waals surface area contributed by atoms with E-state index in [1.807, 2.05) is 0 Å². The minimum atomic E-state index is -4.63. The first-order chi connectivity index (χ1) is 10.4. The molecule has 0 unspecified atom stereocenters. The molecule has 0 atom stereocenters. The third kappa shape index (κ3) is 4.25. The minimum absolute atomic E-state index is 0.0376. The van der Waals surface area contributed by atoms with Crippen LogP contribution in [0.1, 0.15) is 25.7 Å². The number of rotatable bonds is 5. The second-order valence-electron chi connectivity index (χ2n) is 5.04. The Kier molecular flexibility index (Phi) is 5.10. The summed E-state index contributed by atoms with van der Waals surface area (Å²) < 4.78 is 54.4. The van der Waals surface area contributed by atoms with Crippen LogP contribution in [-0.4, -0.2) is 24.6 Å². The molecule has 1 aromatic rings. The van der Waals surface area contributed by atoms with Gasteiger partial charge >= 0.3 is 18.6 Å². The summed E-state index contributed by atoms with van der Waals surface area (Å²) in [6.45, 7) is 0. The molecule has 2 N–H and O–H groups in total. The van der Waals surface area contributed by atoms with Crippen LogP contribution in [0.3, 0.4) is 0 Å². The molecule has 2 amide bonds. The first-order valence-corrected chi connectivity index (χ1v) is 6.90. The lowest BCUT2D eigenvalue weighted by Crippen LogP contribution is -2.37. The molecule has 1 aliphatic rings. The number of amides is 2. The predicted molar refractivity (Wildman–Crippen MR) is 72.4 cm³/mol. The summed E-state index contributed by atoms with van der Waals surface area (Å²) >= 11 is 0. The van der Waals surface area contributed by atoms with Gasteiger partial charge < -0.3 is 15.4 Å². The van der Waals surface area contributed by atoms with Gasteiger partial charge in [0, 0.05) is 6.04 Å². The highest BCUT2D eigenvalue weighted by molar-refractivity contribution is 5.91. The summed E-state index contributed by atoms with van der Waals surface area (Å²) in [5.41, 5.74) is -0.0988. The Hall–Kier alpha value is -1.99. The van der Waals surface area contributed by atoms with Gasteiger partial charge in [0.25, 0.3) is 0 Å². The van der Waals surface area contributed by atoms with Crippen molar-refractivity contribution in [1.82, 2.24) is 5.32 Å². The number of carbonyl (C=O) groups excluding carboxylic acids is 1. The number of anilines is 1. The van der Waals surface area contributed by atoms with Crippen molar-refractivity contribution in [3.63, 3.8) is 0 Å². The van der Waals surface area contributed by atoms with Crippen LogP contribution in [0.15, 0.2) is 24.3 Å². The molecule has 0 heterocycles. The lowest BCUT2D eigenvalue weighted by Gasteiger charge is -2.20. The van der Waals surface area contributed by atoms with E-state index in [0.29, 0.717) is 0 Å². The molecule has 0 spiro atoms. The van der Waals surface area contributed by atoms with Crippen molar-refractivity contribution < 1.29 is 27.1 Å². The molecule has 1 aliphatic carbocycles. The highest BCUT2D eigenvalue weighted by Crippen LogP contribution is 2.32. The molecular weight excluding hydrogens is 304 g/mol. The summed E-state index contributed by atoms with van der Waals surface area (Å²) in [5, 5.41) is 5.04. The molecule has 0 aliphatic heterocycles. The van der Waals surface area contributed by atoms with E-state index in [1.165, 1.54) is 18.2 Å². The van der Waals surface area contributed by atoms with Crippen LogP contribution in [0.25, 0.3) is 0 Å². The molecule has 1 saturated carbocycles. The van der Waals surface area contributed by atoms with Gasteiger partial charge in [-0.3, -0.25) is 0 Å². The highest BCUT2D eigenvalue weighted by atomic mass is 19.3. The van der Waals surface area contributed by atoms with Crippen molar-refractivity contribution >= 4 is 11.7 Å². The van der Waals surface area contributed by atoms with Crippen molar-refractivity contribution in [2.24, 2.45) is 0 Å². The molecule has 22 heavy (non-hydrogen) atoms. The van der Waals surface area contributed by atoms with Gasteiger partial charge in [0.1, 0.15) is 5.75 Å². The SMILES string of the molecule is O=C(Nc1ccccc1OC(F)(F)C(F)F)NC1CCCC1. The highest BCUT2D eigenvalue weighted by Gasteiger charge is 2.44. The monoisotopic (exact) mass is 320 g/mol. The van der Waals surface area contributed by atoms with Gasteiger partial charge in [0.05, 0.1) is 5.69 Å². The number of urea groups is 1. The first kappa shape index (κ1) is 16.4. The molecule has 1 aromatic carbocycles. The van der Waals surface area contributed by atoms with Gasteiger partial charge in [-0.15, -0.1) is 0 Å². The second-order valence-corrected chi connectivity index (χ2v) is 5.04. The fourth-order valence-corrected chi connectivity index (χ4v) is 2.26. The maximum absolute atomic E-state index is 13.0. The summed E-state index contributed by atoms with van der Waals surface area (Å²) in [6, 6.07) is 4.65. The standard InChI is InChI=1S/C14H16F4N2O2/c15-12(16)14(17,18)22-11-8-4-3-7-10(11)20-13(21)19-9-5-1-2-6-9/h3-4,7-9,12H,1-2,5-6H2,(H2,19,20,21). The molecule has 2 rings (SSSR count). The van der Waals surface area contributed by atoms with Gasteiger partial charge in [-0.25, -0.2) is 4.79 Å². The number of hydrogen-bond acceptors (Lipinski definition) is 2. The smallest absolute Gasteiger partial charge is 0.426 e. The number of hydrogen-bond donors (Lipinski definition) is 2. The Morgan fingerprint density at radius 2 is 1.86 bits per heavy atom. The number of carbonyl (C=O) groups is 1. The molecule has 0 aromatic heterocycles. The van der Waals surface area contributed by atoms with Crippen molar-refractivity contribution in [2.75, 3.05) is 5.32 Å². The van der Waals surface area contributed by atoms with Crippen molar-refractivity contribution in [2.45, 2.75) is 44.3 Å². The Bertz CT molecular complexity index is 519. The zero-order valence-electron chi connectivity index (χ0n) is 11.6. The van der Waals surface area contributed by atoms with Crippen molar-refractivity contribution in [3.05, 3.63) is 24.3 Å². The predicted octanol–water partition coefficient (Wildman–Crippen LogP) is 3.99. The van der Waals surface area contributed by atoms with Crippen molar-refractivity contribution in [1.29, 1.82) is 0 Å². The number of halogens is 4. The summed E-state index contributed by atoms with van der Waals surface area (Å²) in [4.78, 5) is 11.8. The van der Waals surface area contributed by atoms with Crippen LogP contribution in [0.5, 0.6) is 5.75 Å². The van der Waals surface area contributed by atoms with E-state index in [0.717, 1.165) is 31.7 Å². The Morgan fingerprint density at radius 1 is 1.23 bits per heavy atom. The van der Waals surface area contributed by atoms with E-state index >= 15 is 0 Å². The fraction of sp³-hybridized carbons (Fsp3) is 0.500. The third-order valence-corrected chi connectivity index (χ3v) is 3.33. The second kappa shape index (κ2) is 6.85. The van der Waals surface area contributed by atoms with Crippen LogP contribution in [0.2, 0.25) is 0 Å². The summed E-state index contributed by atoms with van der Waals surface area (Å²) in [7, 11) is 0. The first-order valence-electron chi connectivity index (χ1n) is 6.90. The van der Waals surface area contributed by atoms with Gasteiger partial charge in [0.15, 0.2) is 0 Å². The zero-order valence-corrected chi connectivity index (χ0v) is 11.6. The fourth-order valence-electron chi connectivity index (χ4n) is 2.26. The minimum Gasteiger partial charge on any atom is -0.426 e. The number of alkyl halides is 4. The third-order valence-electron chi connectivity index (χ3n) is 3.33. The van der Waals surface area contributed by atoms with E-state index in [1.54, 1.807) is 0 Å². The number of ether oxygens (including phenoxy) is 1. The van der Waals surface area contributed by atoms with Gasteiger partial charge in [-0.1, -0.05) is 25.0 Å². The van der Waals surface area contributed by atoms with E-state index in [4.69, 9.17) is 0 Å². The van der Waals surface area contributed by atoms with Crippen LogP contribution >= 0.6 is 0 Å². The lowest BCUT2D eigenvalue weighted by atomic mass is 10.2. The molecule has 1 fully saturated rings. The Balaban J connectivity index is 2.03. The van der Waals surface area contributed by atoms with Crippen LogP contribution in [0.4, 0.5) is 28.0 Å². The van der Waals surface area contributed by atoms with E-state index in [-0.39, 0.29) is 11.7 Å². The molecule has 0 bridgehead atoms. The van der Waals surface area contributed by atoms with Gasteiger partial charge in [-0.2, -0.15) is 17.6 Å². The van der Waals surface area contributed by atoms with E-state index < -0.39 is 24.3 Å². The maximum Gasteiger partial charge on any atom is 0.461 e. The summed E-state index contributed by atoms with van der Waals surface area (Å²) in [6.07, 6.45) is -4.84. The molecule has 122 valence electrons. The number of benzene rings is 1. The molecule has 4 nitrogen and oxygen atoms in total. The average Bonchev–Trinajstić information content (AvgIpc) is 2.93. The molecule has 0 saturated heterocycles. The molecule has 8 heteroatoms. The van der Waals surface area contributed by atoms with Crippen molar-refractivity contribution in [3.8, 4) is 5.75 Å². The van der Waals surface area contributed by atoms with Crippen LogP contribution < -0.4 is 15.4 Å². The zero-order chi connectivity index (χ0) is 16.2. The van der Waals surface area contributed by atoms with Crippen LogP contribution in [-0.2, 0) is 0 Å². The van der Waals surface area contributed by atoms with Gasteiger partial charge in [-0.05, 0) is 25.0 Å². The van der Waals surface area contributed by atoms with E-state index in [2.05, 4.69) is 15.4 Å². The lowest BCUT2D eigenvalue weighted by molar-refractivity contribution is -0.252. The topological polar surface area (TPSA) is 50.4 Å². The number of nitrogens with one attached hydrogen (secondary N) is 2. The average molecular weight is 320 g/mol.